The second kappa shape index (κ2) is 7.76. The highest BCUT2D eigenvalue weighted by atomic mass is 32.2. The van der Waals surface area contributed by atoms with Crippen LogP contribution in [0.4, 0.5) is 0 Å². The van der Waals surface area contributed by atoms with Crippen LogP contribution in [0.5, 0.6) is 5.75 Å². The fourth-order valence-corrected chi connectivity index (χ4v) is 3.74. The summed E-state index contributed by atoms with van der Waals surface area (Å²) in [4.78, 5) is 11.6. The van der Waals surface area contributed by atoms with Crippen molar-refractivity contribution in [3.05, 3.63) is 23.8 Å². The van der Waals surface area contributed by atoms with Crippen LogP contribution < -0.4 is 20.1 Å². The molecule has 23 heavy (non-hydrogen) atoms. The summed E-state index contributed by atoms with van der Waals surface area (Å²) in [6.07, 6.45) is 1.14. The van der Waals surface area contributed by atoms with Gasteiger partial charge in [0.2, 0.25) is 15.9 Å². The number of sulfonamides is 1. The van der Waals surface area contributed by atoms with E-state index < -0.39 is 10.0 Å². The standard InChI is InChI=1S/C15H23N3O4S/c1-3-15(19)17-9-11-8-13(4-5-14(11)22-2)23(20,21)18-12-6-7-16-10-12/h4-5,8,12,16,18H,3,6-7,9-10H2,1-2H3,(H,17,19). The molecule has 1 atom stereocenters. The highest BCUT2D eigenvalue weighted by Gasteiger charge is 2.23. The Hall–Kier alpha value is -1.64. The lowest BCUT2D eigenvalue weighted by molar-refractivity contribution is -0.120. The zero-order valence-electron chi connectivity index (χ0n) is 13.4. The summed E-state index contributed by atoms with van der Waals surface area (Å²) >= 11 is 0. The topological polar surface area (TPSA) is 96.5 Å². The van der Waals surface area contributed by atoms with Crippen LogP contribution in [0.15, 0.2) is 23.1 Å². The maximum absolute atomic E-state index is 12.5. The van der Waals surface area contributed by atoms with Gasteiger partial charge in [0.1, 0.15) is 5.75 Å². The molecule has 8 heteroatoms. The summed E-state index contributed by atoms with van der Waals surface area (Å²) in [6.45, 7) is 3.43. The Bertz CT molecular complexity index is 655. The quantitative estimate of drug-likeness (QED) is 0.665. The van der Waals surface area contributed by atoms with Gasteiger partial charge in [-0.3, -0.25) is 4.79 Å². The van der Waals surface area contributed by atoms with Gasteiger partial charge in [0.05, 0.1) is 12.0 Å². The second-order valence-electron chi connectivity index (χ2n) is 5.41. The number of benzene rings is 1. The molecular formula is C15H23N3O4S. The molecule has 0 radical (unpaired) electrons. The minimum Gasteiger partial charge on any atom is -0.496 e. The van der Waals surface area contributed by atoms with Gasteiger partial charge >= 0.3 is 0 Å². The molecule has 128 valence electrons. The number of methoxy groups -OCH3 is 1. The van der Waals surface area contributed by atoms with Gasteiger partial charge in [-0.15, -0.1) is 0 Å². The fourth-order valence-electron chi connectivity index (χ4n) is 2.42. The highest BCUT2D eigenvalue weighted by Crippen LogP contribution is 2.23. The van der Waals surface area contributed by atoms with E-state index in [1.165, 1.54) is 13.2 Å². The lowest BCUT2D eigenvalue weighted by atomic mass is 10.2. The minimum atomic E-state index is -3.59. The molecule has 1 aliphatic rings. The molecule has 0 aliphatic carbocycles. The Kier molecular flexibility index (Phi) is 5.97. The Morgan fingerprint density at radius 1 is 1.43 bits per heavy atom. The third-order valence-corrected chi connectivity index (χ3v) is 5.26. The smallest absolute Gasteiger partial charge is 0.240 e. The number of hydrogen-bond acceptors (Lipinski definition) is 5. The average molecular weight is 341 g/mol. The molecule has 1 fully saturated rings. The molecular weight excluding hydrogens is 318 g/mol. The third-order valence-electron chi connectivity index (χ3n) is 3.74. The molecule has 0 saturated carbocycles. The van der Waals surface area contributed by atoms with E-state index in [1.54, 1.807) is 19.1 Å². The molecule has 1 amide bonds. The van der Waals surface area contributed by atoms with Gasteiger partial charge in [-0.1, -0.05) is 6.92 Å². The summed E-state index contributed by atoms with van der Waals surface area (Å²) in [5.74, 6) is 0.443. The van der Waals surface area contributed by atoms with E-state index in [1.807, 2.05) is 0 Å². The Morgan fingerprint density at radius 3 is 2.83 bits per heavy atom. The van der Waals surface area contributed by atoms with E-state index >= 15 is 0 Å². The number of hydrogen-bond donors (Lipinski definition) is 3. The van der Waals surface area contributed by atoms with Crippen molar-refractivity contribution in [2.75, 3.05) is 20.2 Å². The molecule has 0 bridgehead atoms. The van der Waals surface area contributed by atoms with E-state index in [9.17, 15) is 13.2 Å². The predicted molar refractivity (Wildman–Crippen MR) is 86.7 cm³/mol. The summed E-state index contributed by atoms with van der Waals surface area (Å²) in [7, 11) is -2.08. The van der Waals surface area contributed by atoms with Gasteiger partial charge in [0.25, 0.3) is 0 Å². The number of amides is 1. The Labute approximate surface area is 136 Å². The van der Waals surface area contributed by atoms with E-state index in [2.05, 4.69) is 15.4 Å². The number of carbonyl (C=O) groups is 1. The monoisotopic (exact) mass is 341 g/mol. The van der Waals surface area contributed by atoms with Crippen molar-refractivity contribution in [3.8, 4) is 5.75 Å². The van der Waals surface area contributed by atoms with Crippen molar-refractivity contribution >= 4 is 15.9 Å². The van der Waals surface area contributed by atoms with Crippen LogP contribution in [0.3, 0.4) is 0 Å². The van der Waals surface area contributed by atoms with Crippen molar-refractivity contribution in [3.63, 3.8) is 0 Å². The number of carbonyl (C=O) groups excluding carboxylic acids is 1. The maximum atomic E-state index is 12.5. The lowest BCUT2D eigenvalue weighted by Crippen LogP contribution is -2.36. The largest absolute Gasteiger partial charge is 0.496 e. The molecule has 0 aromatic heterocycles. The first-order valence-electron chi connectivity index (χ1n) is 7.63. The fraction of sp³-hybridized carbons (Fsp3) is 0.533. The molecule has 1 saturated heterocycles. The average Bonchev–Trinajstić information content (AvgIpc) is 3.04. The van der Waals surface area contributed by atoms with Crippen LogP contribution >= 0.6 is 0 Å². The maximum Gasteiger partial charge on any atom is 0.240 e. The zero-order chi connectivity index (χ0) is 16.9. The summed E-state index contributed by atoms with van der Waals surface area (Å²) in [5.41, 5.74) is 0.627. The molecule has 3 N–H and O–H groups in total. The van der Waals surface area contributed by atoms with Crippen molar-refractivity contribution in [2.45, 2.75) is 37.2 Å². The normalized spacial score (nSPS) is 17.9. The second-order valence-corrected chi connectivity index (χ2v) is 7.13. The highest BCUT2D eigenvalue weighted by molar-refractivity contribution is 7.89. The van der Waals surface area contributed by atoms with Crippen LogP contribution in [-0.2, 0) is 21.4 Å². The van der Waals surface area contributed by atoms with Crippen molar-refractivity contribution in [2.24, 2.45) is 0 Å². The molecule has 1 aromatic rings. The van der Waals surface area contributed by atoms with Gasteiger partial charge < -0.3 is 15.4 Å². The van der Waals surface area contributed by atoms with Crippen LogP contribution in [-0.4, -0.2) is 40.6 Å². The van der Waals surface area contributed by atoms with E-state index in [0.29, 0.717) is 24.3 Å². The molecule has 1 aliphatic heterocycles. The molecule has 0 spiro atoms. The molecule has 2 rings (SSSR count). The summed E-state index contributed by atoms with van der Waals surface area (Å²) < 4.78 is 32.9. The Morgan fingerprint density at radius 2 is 2.22 bits per heavy atom. The van der Waals surface area contributed by atoms with E-state index in [4.69, 9.17) is 4.74 Å². The van der Waals surface area contributed by atoms with Crippen LogP contribution in [0.1, 0.15) is 25.3 Å². The molecule has 1 heterocycles. The molecule has 1 unspecified atom stereocenters. The number of rotatable bonds is 7. The lowest BCUT2D eigenvalue weighted by Gasteiger charge is -2.15. The van der Waals surface area contributed by atoms with Crippen LogP contribution in [0.2, 0.25) is 0 Å². The molecule has 7 nitrogen and oxygen atoms in total. The van der Waals surface area contributed by atoms with Gasteiger partial charge in [0, 0.05) is 31.1 Å². The SMILES string of the molecule is CCC(=O)NCc1cc(S(=O)(=O)NC2CCNC2)ccc1OC. The van der Waals surface area contributed by atoms with Crippen molar-refractivity contribution in [1.82, 2.24) is 15.4 Å². The number of ether oxygens (including phenoxy) is 1. The van der Waals surface area contributed by atoms with Crippen LogP contribution in [0, 0.1) is 0 Å². The summed E-state index contributed by atoms with van der Waals surface area (Å²) in [6, 6.07) is 4.56. The van der Waals surface area contributed by atoms with Crippen LogP contribution in [0.25, 0.3) is 0 Å². The first kappa shape index (κ1) is 17.7. The van der Waals surface area contributed by atoms with E-state index in [0.717, 1.165) is 13.0 Å². The van der Waals surface area contributed by atoms with Gasteiger partial charge in [-0.05, 0) is 31.2 Å². The molecule has 1 aromatic carbocycles. The minimum absolute atomic E-state index is 0.0923. The third kappa shape index (κ3) is 4.66. The zero-order valence-corrected chi connectivity index (χ0v) is 14.2. The van der Waals surface area contributed by atoms with Crippen molar-refractivity contribution < 1.29 is 17.9 Å². The number of nitrogens with one attached hydrogen (secondary N) is 3. The first-order chi connectivity index (χ1) is 11.0. The Balaban J connectivity index is 2.19. The summed E-state index contributed by atoms with van der Waals surface area (Å²) in [5, 5.41) is 5.85. The van der Waals surface area contributed by atoms with Gasteiger partial charge in [-0.2, -0.15) is 0 Å². The van der Waals surface area contributed by atoms with Crippen molar-refractivity contribution in [1.29, 1.82) is 0 Å². The van der Waals surface area contributed by atoms with Gasteiger partial charge in [-0.25, -0.2) is 13.1 Å². The first-order valence-corrected chi connectivity index (χ1v) is 9.11. The van der Waals surface area contributed by atoms with Gasteiger partial charge in [0.15, 0.2) is 0 Å². The van der Waals surface area contributed by atoms with E-state index in [-0.39, 0.29) is 23.4 Å². The predicted octanol–water partition coefficient (Wildman–Crippen LogP) is 0.362.